The second-order valence-electron chi connectivity index (χ2n) is 3.94. The first-order valence-corrected chi connectivity index (χ1v) is 5.72. The van der Waals surface area contributed by atoms with Crippen LogP contribution in [0.15, 0.2) is 53.6 Å². The number of rotatable bonds is 3. The van der Waals surface area contributed by atoms with Crippen LogP contribution in [0.5, 0.6) is 0 Å². The molecule has 0 fully saturated rings. The van der Waals surface area contributed by atoms with Crippen LogP contribution in [0.3, 0.4) is 0 Å². The predicted octanol–water partition coefficient (Wildman–Crippen LogP) is 3.75. The Labute approximate surface area is 100 Å². The molecule has 0 radical (unpaired) electrons. The lowest BCUT2D eigenvalue weighted by molar-refractivity contribution is 0.0992. The van der Waals surface area contributed by atoms with Crippen LogP contribution in [-0.2, 0) is 0 Å². The van der Waals surface area contributed by atoms with E-state index in [-0.39, 0.29) is 11.2 Å². The number of hydrogen-bond acceptors (Lipinski definition) is 1. The third kappa shape index (κ3) is 2.25. The smallest absolute Gasteiger partial charge is 0.166 e. The van der Waals surface area contributed by atoms with Gasteiger partial charge >= 0.3 is 0 Å². The van der Waals surface area contributed by atoms with Crippen LogP contribution in [0.25, 0.3) is 0 Å². The van der Waals surface area contributed by atoms with Gasteiger partial charge < -0.3 is 0 Å². The third-order valence-corrected chi connectivity index (χ3v) is 3.21. The van der Waals surface area contributed by atoms with Crippen molar-refractivity contribution >= 4 is 17.4 Å². The molecular formula is C14H13ClO. The molecule has 0 heterocycles. The van der Waals surface area contributed by atoms with E-state index in [2.05, 4.69) is 0 Å². The van der Waals surface area contributed by atoms with E-state index in [4.69, 9.17) is 11.6 Å². The van der Waals surface area contributed by atoms with Crippen molar-refractivity contribution in [1.82, 2.24) is 0 Å². The normalized spacial score (nSPS) is 19.2. The molecule has 1 atom stereocenters. The largest absolute Gasteiger partial charge is 0.294 e. The van der Waals surface area contributed by atoms with Gasteiger partial charge in [-0.2, -0.15) is 0 Å². The molecule has 2 heteroatoms. The fourth-order valence-corrected chi connectivity index (χ4v) is 2.13. The van der Waals surface area contributed by atoms with E-state index in [1.807, 2.05) is 49.4 Å². The summed E-state index contributed by atoms with van der Waals surface area (Å²) in [5.74, 6) is 0.129. The maximum absolute atomic E-state index is 12.0. The number of allylic oxidation sites excluding steroid dienone is 4. The molecule has 1 aliphatic rings. The van der Waals surface area contributed by atoms with E-state index in [0.29, 0.717) is 6.42 Å². The molecule has 16 heavy (non-hydrogen) atoms. The number of Topliss-reactive ketones (excluding diaryl/α,β-unsaturated/α-hetero) is 1. The Hall–Kier alpha value is -1.34. The van der Waals surface area contributed by atoms with Gasteiger partial charge in [0.05, 0.1) is 5.38 Å². The van der Waals surface area contributed by atoms with Crippen molar-refractivity contribution in [3.05, 3.63) is 59.2 Å². The van der Waals surface area contributed by atoms with Gasteiger partial charge in [0.1, 0.15) is 0 Å². The molecule has 0 amide bonds. The van der Waals surface area contributed by atoms with E-state index < -0.39 is 0 Å². The van der Waals surface area contributed by atoms with Crippen molar-refractivity contribution in [3.8, 4) is 0 Å². The minimum absolute atomic E-state index is 0.118. The lowest BCUT2D eigenvalue weighted by atomic mass is 10.0. The zero-order valence-corrected chi connectivity index (χ0v) is 9.87. The molecular weight excluding hydrogens is 220 g/mol. The Balaban J connectivity index is 2.13. The molecule has 0 N–H and O–H groups in total. The summed E-state index contributed by atoms with van der Waals surface area (Å²) in [5, 5.41) is -0.118. The molecule has 1 unspecified atom stereocenters. The topological polar surface area (TPSA) is 17.1 Å². The number of ketones is 1. The molecule has 0 aromatic heterocycles. The lowest BCUT2D eigenvalue weighted by Crippen LogP contribution is -2.06. The van der Waals surface area contributed by atoms with Crippen LogP contribution >= 0.6 is 11.6 Å². The van der Waals surface area contributed by atoms with Gasteiger partial charge in [-0.3, -0.25) is 4.79 Å². The Kier molecular flexibility index (Phi) is 3.25. The Morgan fingerprint density at radius 3 is 2.56 bits per heavy atom. The average molecular weight is 233 g/mol. The molecule has 1 aromatic carbocycles. The highest BCUT2D eigenvalue weighted by Gasteiger charge is 2.19. The summed E-state index contributed by atoms with van der Waals surface area (Å²) in [7, 11) is 0. The molecule has 1 nitrogen and oxygen atoms in total. The van der Waals surface area contributed by atoms with Gasteiger partial charge in [-0.1, -0.05) is 42.5 Å². The summed E-state index contributed by atoms with van der Waals surface area (Å²) in [6.45, 7) is 1.99. The molecule has 0 spiro atoms. The SMILES string of the molecule is CC1=C(CC(=O)c2ccccc2)C(Cl)C=C1. The van der Waals surface area contributed by atoms with E-state index >= 15 is 0 Å². The number of alkyl halides is 1. The summed E-state index contributed by atoms with van der Waals surface area (Å²) in [6, 6.07) is 9.33. The van der Waals surface area contributed by atoms with Crippen molar-refractivity contribution < 1.29 is 4.79 Å². The van der Waals surface area contributed by atoms with Crippen LogP contribution in [0.1, 0.15) is 23.7 Å². The summed E-state index contributed by atoms with van der Waals surface area (Å²) >= 11 is 6.11. The van der Waals surface area contributed by atoms with Crippen molar-refractivity contribution in [2.45, 2.75) is 18.7 Å². The van der Waals surface area contributed by atoms with Crippen LogP contribution in [0.2, 0.25) is 0 Å². The highest BCUT2D eigenvalue weighted by Crippen LogP contribution is 2.27. The molecule has 0 bridgehead atoms. The molecule has 0 saturated carbocycles. The Bertz CT molecular complexity index is 457. The molecule has 0 saturated heterocycles. The first-order chi connectivity index (χ1) is 7.68. The van der Waals surface area contributed by atoms with E-state index in [1.165, 1.54) is 0 Å². The second kappa shape index (κ2) is 4.67. The minimum atomic E-state index is -0.118. The summed E-state index contributed by atoms with van der Waals surface area (Å²) in [6.07, 6.45) is 4.31. The van der Waals surface area contributed by atoms with Gasteiger partial charge in [-0.15, -0.1) is 11.6 Å². The van der Waals surface area contributed by atoms with Crippen molar-refractivity contribution in [3.63, 3.8) is 0 Å². The van der Waals surface area contributed by atoms with E-state index in [0.717, 1.165) is 16.7 Å². The fraction of sp³-hybridized carbons (Fsp3) is 0.214. The maximum Gasteiger partial charge on any atom is 0.166 e. The number of carbonyl (C=O) groups is 1. The third-order valence-electron chi connectivity index (χ3n) is 2.80. The van der Waals surface area contributed by atoms with E-state index in [1.54, 1.807) is 0 Å². The standard InChI is InChI=1S/C14H13ClO/c1-10-7-8-13(15)12(10)9-14(16)11-5-3-2-4-6-11/h2-8,13H,9H2,1H3. The number of halogens is 1. The van der Waals surface area contributed by atoms with Gasteiger partial charge in [-0.25, -0.2) is 0 Å². The quantitative estimate of drug-likeness (QED) is 0.573. The summed E-state index contributed by atoms with van der Waals surface area (Å²) in [4.78, 5) is 12.0. The van der Waals surface area contributed by atoms with Crippen LogP contribution < -0.4 is 0 Å². The summed E-state index contributed by atoms with van der Waals surface area (Å²) < 4.78 is 0. The van der Waals surface area contributed by atoms with Crippen LogP contribution in [-0.4, -0.2) is 11.2 Å². The minimum Gasteiger partial charge on any atom is -0.294 e. The van der Waals surface area contributed by atoms with Crippen molar-refractivity contribution in [1.29, 1.82) is 0 Å². The average Bonchev–Trinajstić information content (AvgIpc) is 2.62. The molecule has 1 aliphatic carbocycles. The highest BCUT2D eigenvalue weighted by atomic mass is 35.5. The number of hydrogen-bond donors (Lipinski definition) is 0. The van der Waals surface area contributed by atoms with E-state index in [9.17, 15) is 4.79 Å². The predicted molar refractivity (Wildman–Crippen MR) is 66.9 cm³/mol. The number of benzene rings is 1. The monoisotopic (exact) mass is 232 g/mol. The Morgan fingerprint density at radius 2 is 2.00 bits per heavy atom. The van der Waals surface area contributed by atoms with Crippen LogP contribution in [0, 0.1) is 0 Å². The first-order valence-electron chi connectivity index (χ1n) is 5.28. The molecule has 82 valence electrons. The van der Waals surface area contributed by atoms with Crippen molar-refractivity contribution in [2.75, 3.05) is 0 Å². The fourth-order valence-electron chi connectivity index (χ4n) is 1.81. The molecule has 1 aromatic rings. The van der Waals surface area contributed by atoms with Gasteiger partial charge in [0, 0.05) is 12.0 Å². The second-order valence-corrected chi connectivity index (χ2v) is 4.41. The molecule has 2 rings (SSSR count). The lowest BCUT2D eigenvalue weighted by Gasteiger charge is -2.07. The van der Waals surface area contributed by atoms with Crippen molar-refractivity contribution in [2.24, 2.45) is 0 Å². The van der Waals surface area contributed by atoms with Gasteiger partial charge in [-0.05, 0) is 18.1 Å². The highest BCUT2D eigenvalue weighted by molar-refractivity contribution is 6.24. The van der Waals surface area contributed by atoms with Gasteiger partial charge in [0.25, 0.3) is 0 Å². The Morgan fingerprint density at radius 1 is 1.31 bits per heavy atom. The zero-order valence-electron chi connectivity index (χ0n) is 9.11. The first kappa shape index (κ1) is 11.2. The van der Waals surface area contributed by atoms with Crippen LogP contribution in [0.4, 0.5) is 0 Å². The summed E-state index contributed by atoms with van der Waals surface area (Å²) in [5.41, 5.74) is 2.89. The number of carbonyl (C=O) groups excluding carboxylic acids is 1. The van der Waals surface area contributed by atoms with Gasteiger partial charge in [0.15, 0.2) is 5.78 Å². The van der Waals surface area contributed by atoms with Gasteiger partial charge in [0.2, 0.25) is 0 Å². The maximum atomic E-state index is 12.0. The molecule has 0 aliphatic heterocycles. The zero-order chi connectivity index (χ0) is 11.5.